The largest absolute Gasteiger partial charge is 0.375 e. The summed E-state index contributed by atoms with van der Waals surface area (Å²) in [6.45, 7) is 8.16. The van der Waals surface area contributed by atoms with E-state index in [1.165, 1.54) is 25.7 Å². The number of hydrogen-bond acceptors (Lipinski definition) is 3. The number of nitrogens with zero attached hydrogens (tertiary/aromatic N) is 1. The molecule has 1 saturated carbocycles. The number of rotatable bonds is 5. The molecule has 2 N–H and O–H groups in total. The summed E-state index contributed by atoms with van der Waals surface area (Å²) in [5.74, 6) is 1.45. The van der Waals surface area contributed by atoms with Gasteiger partial charge < -0.3 is 15.4 Å². The highest BCUT2D eigenvalue weighted by atomic mass is 35.5. The predicted molar refractivity (Wildman–Crippen MR) is 96.8 cm³/mol. The number of carbonyl (C=O) groups is 1. The molecule has 1 saturated heterocycles. The summed E-state index contributed by atoms with van der Waals surface area (Å²) in [6, 6.07) is -0.336. The van der Waals surface area contributed by atoms with Crippen molar-refractivity contribution in [1.29, 1.82) is 0 Å². The van der Waals surface area contributed by atoms with Crippen molar-refractivity contribution in [1.82, 2.24) is 4.90 Å². The Labute approximate surface area is 147 Å². The molecule has 0 aromatic rings. The summed E-state index contributed by atoms with van der Waals surface area (Å²) in [6.07, 6.45) is 8.50. The lowest BCUT2D eigenvalue weighted by Gasteiger charge is -2.36. The van der Waals surface area contributed by atoms with Gasteiger partial charge in [-0.05, 0) is 56.8 Å². The van der Waals surface area contributed by atoms with Crippen LogP contribution >= 0.6 is 12.4 Å². The number of hydrogen-bond donors (Lipinski definition) is 1. The van der Waals surface area contributed by atoms with Gasteiger partial charge in [0.15, 0.2) is 0 Å². The minimum absolute atomic E-state index is 0. The van der Waals surface area contributed by atoms with Crippen LogP contribution in [-0.4, -0.2) is 42.1 Å². The fourth-order valence-corrected chi connectivity index (χ4v) is 3.69. The molecular weight excluding hydrogens is 312 g/mol. The predicted octanol–water partition coefficient (Wildman–Crippen LogP) is 3.37. The third-order valence-electron chi connectivity index (χ3n) is 5.14. The van der Waals surface area contributed by atoms with Crippen molar-refractivity contribution in [2.24, 2.45) is 17.6 Å². The summed E-state index contributed by atoms with van der Waals surface area (Å²) < 4.78 is 6.26. The van der Waals surface area contributed by atoms with Gasteiger partial charge in [-0.1, -0.05) is 20.8 Å². The van der Waals surface area contributed by atoms with Crippen molar-refractivity contribution >= 4 is 18.3 Å². The van der Waals surface area contributed by atoms with Gasteiger partial charge in [0.1, 0.15) is 0 Å². The van der Waals surface area contributed by atoms with Gasteiger partial charge >= 0.3 is 0 Å². The Kier molecular flexibility index (Phi) is 8.88. The highest BCUT2D eigenvalue weighted by Gasteiger charge is 2.29. The van der Waals surface area contributed by atoms with Gasteiger partial charge in [-0.15, -0.1) is 12.4 Å². The van der Waals surface area contributed by atoms with Crippen molar-refractivity contribution < 1.29 is 9.53 Å². The van der Waals surface area contributed by atoms with Crippen LogP contribution in [0.1, 0.15) is 65.7 Å². The Bertz CT molecular complexity index is 349. The Hall–Kier alpha value is -0.320. The van der Waals surface area contributed by atoms with Crippen LogP contribution in [0, 0.1) is 11.8 Å². The standard InChI is InChI=1S/C18H34N2O2.ClH/c1-13(2)12-17(19)18(21)20-10-8-16(9-11-20)22-15-6-4-14(3)5-7-15;/h13-17H,4-12,19H2,1-3H3;1H/t14?,15?,17-;/m0./s1. The first kappa shape index (κ1) is 20.7. The van der Waals surface area contributed by atoms with Crippen LogP contribution in [0.25, 0.3) is 0 Å². The molecule has 5 heteroatoms. The van der Waals surface area contributed by atoms with E-state index < -0.39 is 0 Å². The number of piperidine rings is 1. The van der Waals surface area contributed by atoms with E-state index >= 15 is 0 Å². The van der Waals surface area contributed by atoms with Crippen LogP contribution in [0.3, 0.4) is 0 Å². The van der Waals surface area contributed by atoms with Crippen LogP contribution in [0.5, 0.6) is 0 Å². The zero-order valence-electron chi connectivity index (χ0n) is 15.0. The minimum Gasteiger partial charge on any atom is -0.375 e. The fraction of sp³-hybridized carbons (Fsp3) is 0.944. The summed E-state index contributed by atoms with van der Waals surface area (Å²) in [5.41, 5.74) is 6.02. The van der Waals surface area contributed by atoms with E-state index in [0.29, 0.717) is 18.1 Å². The normalized spacial score (nSPS) is 27.6. The van der Waals surface area contributed by atoms with E-state index in [4.69, 9.17) is 10.5 Å². The zero-order valence-corrected chi connectivity index (χ0v) is 15.8. The number of amides is 1. The van der Waals surface area contributed by atoms with Crippen molar-refractivity contribution in [3.8, 4) is 0 Å². The molecule has 0 radical (unpaired) electrons. The lowest BCUT2D eigenvalue weighted by atomic mass is 9.88. The quantitative estimate of drug-likeness (QED) is 0.830. The van der Waals surface area contributed by atoms with Gasteiger partial charge in [-0.3, -0.25) is 4.79 Å². The molecule has 0 aromatic carbocycles. The molecule has 0 bridgehead atoms. The lowest BCUT2D eigenvalue weighted by molar-refractivity contribution is -0.136. The number of likely N-dealkylation sites (tertiary alicyclic amines) is 1. The molecule has 0 unspecified atom stereocenters. The number of carbonyl (C=O) groups excluding carboxylic acids is 1. The van der Waals surface area contributed by atoms with E-state index in [-0.39, 0.29) is 24.4 Å². The minimum atomic E-state index is -0.336. The molecule has 2 rings (SSSR count). The smallest absolute Gasteiger partial charge is 0.239 e. The summed E-state index contributed by atoms with van der Waals surface area (Å²) in [7, 11) is 0. The second-order valence-corrected chi connectivity index (χ2v) is 7.78. The molecule has 2 aliphatic rings. The van der Waals surface area contributed by atoms with Crippen LogP contribution in [0.2, 0.25) is 0 Å². The van der Waals surface area contributed by atoms with E-state index in [9.17, 15) is 4.79 Å². The SMILES string of the molecule is CC(C)C[C@H](N)C(=O)N1CCC(OC2CCC(C)CC2)CC1.Cl. The molecule has 0 aromatic heterocycles. The first-order valence-electron chi connectivity index (χ1n) is 9.15. The second-order valence-electron chi connectivity index (χ2n) is 7.78. The summed E-state index contributed by atoms with van der Waals surface area (Å²) in [5, 5.41) is 0. The number of ether oxygens (including phenoxy) is 1. The topological polar surface area (TPSA) is 55.6 Å². The zero-order chi connectivity index (χ0) is 16.1. The molecule has 1 aliphatic heterocycles. The Morgan fingerprint density at radius 2 is 1.61 bits per heavy atom. The number of halogens is 1. The highest BCUT2D eigenvalue weighted by Crippen LogP contribution is 2.28. The van der Waals surface area contributed by atoms with Crippen LogP contribution < -0.4 is 5.73 Å². The first-order chi connectivity index (χ1) is 10.5. The average molecular weight is 347 g/mol. The van der Waals surface area contributed by atoms with Gasteiger partial charge in [-0.2, -0.15) is 0 Å². The molecule has 2 fully saturated rings. The molecule has 1 atom stereocenters. The average Bonchev–Trinajstić information content (AvgIpc) is 2.49. The fourth-order valence-electron chi connectivity index (χ4n) is 3.69. The third kappa shape index (κ3) is 6.60. The maximum atomic E-state index is 12.3. The van der Waals surface area contributed by atoms with Gasteiger partial charge in [0, 0.05) is 13.1 Å². The van der Waals surface area contributed by atoms with E-state index in [2.05, 4.69) is 20.8 Å². The van der Waals surface area contributed by atoms with Crippen molar-refractivity contribution in [3.05, 3.63) is 0 Å². The molecule has 1 amide bonds. The Morgan fingerprint density at radius 3 is 2.13 bits per heavy atom. The van der Waals surface area contributed by atoms with E-state index in [1.54, 1.807) is 0 Å². The monoisotopic (exact) mass is 346 g/mol. The summed E-state index contributed by atoms with van der Waals surface area (Å²) >= 11 is 0. The van der Waals surface area contributed by atoms with Crippen LogP contribution in [0.4, 0.5) is 0 Å². The van der Waals surface area contributed by atoms with Gasteiger partial charge in [0.05, 0.1) is 18.2 Å². The molecular formula is C18H35ClN2O2. The maximum Gasteiger partial charge on any atom is 0.239 e. The second kappa shape index (κ2) is 9.85. The highest BCUT2D eigenvalue weighted by molar-refractivity contribution is 5.85. The summed E-state index contributed by atoms with van der Waals surface area (Å²) in [4.78, 5) is 14.3. The van der Waals surface area contributed by atoms with E-state index in [1.807, 2.05) is 4.90 Å². The molecule has 136 valence electrons. The molecule has 0 spiro atoms. The van der Waals surface area contributed by atoms with Gasteiger partial charge in [0.2, 0.25) is 5.91 Å². The van der Waals surface area contributed by atoms with E-state index in [0.717, 1.165) is 38.3 Å². The maximum absolute atomic E-state index is 12.3. The molecule has 4 nitrogen and oxygen atoms in total. The van der Waals surface area contributed by atoms with Gasteiger partial charge in [-0.25, -0.2) is 0 Å². The van der Waals surface area contributed by atoms with Crippen molar-refractivity contribution in [2.45, 2.75) is 84.0 Å². The Balaban J connectivity index is 0.00000264. The molecule has 1 heterocycles. The van der Waals surface area contributed by atoms with Gasteiger partial charge in [0.25, 0.3) is 0 Å². The molecule has 1 aliphatic carbocycles. The van der Waals surface area contributed by atoms with Crippen LogP contribution in [-0.2, 0) is 9.53 Å². The first-order valence-corrected chi connectivity index (χ1v) is 9.15. The third-order valence-corrected chi connectivity index (χ3v) is 5.14. The Morgan fingerprint density at radius 1 is 1.09 bits per heavy atom. The van der Waals surface area contributed by atoms with Crippen molar-refractivity contribution in [3.63, 3.8) is 0 Å². The number of nitrogens with two attached hydrogens (primary N) is 1. The van der Waals surface area contributed by atoms with Crippen molar-refractivity contribution in [2.75, 3.05) is 13.1 Å². The lowest BCUT2D eigenvalue weighted by Crippen LogP contribution is -2.49. The molecule has 23 heavy (non-hydrogen) atoms. The van der Waals surface area contributed by atoms with Crippen LogP contribution in [0.15, 0.2) is 0 Å².